The van der Waals surface area contributed by atoms with Crippen molar-refractivity contribution in [3.8, 4) is 0 Å². The van der Waals surface area contributed by atoms with Crippen molar-refractivity contribution in [3.63, 3.8) is 0 Å². The standard InChI is InChI=1S/C12H17N3O/c13-10-6-7-15(9-10)12(16)8-14-11-4-2-1-3-5-11/h1-5,10,14H,6-9,13H2/t10-/m1/s1. The lowest BCUT2D eigenvalue weighted by Crippen LogP contribution is -2.35. The molecule has 86 valence electrons. The van der Waals surface area contributed by atoms with Gasteiger partial charge in [0.15, 0.2) is 0 Å². The van der Waals surface area contributed by atoms with Gasteiger partial charge in [0, 0.05) is 24.8 Å². The van der Waals surface area contributed by atoms with Crippen LogP contribution in [0.25, 0.3) is 0 Å². The first-order valence-corrected chi connectivity index (χ1v) is 5.58. The van der Waals surface area contributed by atoms with E-state index in [1.807, 2.05) is 35.2 Å². The average Bonchev–Trinajstić information content (AvgIpc) is 2.74. The number of para-hydroxylation sites is 1. The number of hydrogen-bond donors (Lipinski definition) is 2. The molecule has 0 saturated carbocycles. The van der Waals surface area contributed by atoms with Crippen LogP contribution in [0.1, 0.15) is 6.42 Å². The van der Waals surface area contributed by atoms with Crippen molar-refractivity contribution in [2.24, 2.45) is 5.73 Å². The van der Waals surface area contributed by atoms with E-state index in [0.717, 1.165) is 18.7 Å². The van der Waals surface area contributed by atoms with Crippen molar-refractivity contribution in [1.82, 2.24) is 4.90 Å². The summed E-state index contributed by atoms with van der Waals surface area (Å²) in [6.07, 6.45) is 0.914. The fraction of sp³-hybridized carbons (Fsp3) is 0.417. The Morgan fingerprint density at radius 2 is 2.19 bits per heavy atom. The highest BCUT2D eigenvalue weighted by molar-refractivity contribution is 5.81. The molecule has 4 nitrogen and oxygen atoms in total. The number of amides is 1. The van der Waals surface area contributed by atoms with Gasteiger partial charge in [0.2, 0.25) is 5.91 Å². The summed E-state index contributed by atoms with van der Waals surface area (Å²) in [4.78, 5) is 13.6. The Labute approximate surface area is 95.4 Å². The van der Waals surface area contributed by atoms with Gasteiger partial charge in [0.1, 0.15) is 0 Å². The van der Waals surface area contributed by atoms with E-state index >= 15 is 0 Å². The van der Waals surface area contributed by atoms with Crippen molar-refractivity contribution in [2.45, 2.75) is 12.5 Å². The molecular weight excluding hydrogens is 202 g/mol. The summed E-state index contributed by atoms with van der Waals surface area (Å²) < 4.78 is 0. The summed E-state index contributed by atoms with van der Waals surface area (Å²) in [5.74, 6) is 0.122. The topological polar surface area (TPSA) is 58.4 Å². The summed E-state index contributed by atoms with van der Waals surface area (Å²) in [7, 11) is 0. The van der Waals surface area contributed by atoms with Crippen molar-refractivity contribution >= 4 is 11.6 Å². The quantitative estimate of drug-likeness (QED) is 0.785. The SMILES string of the molecule is N[C@@H]1CCN(C(=O)CNc2ccccc2)C1. The van der Waals surface area contributed by atoms with Gasteiger partial charge < -0.3 is 16.0 Å². The number of nitrogens with one attached hydrogen (secondary N) is 1. The smallest absolute Gasteiger partial charge is 0.241 e. The van der Waals surface area contributed by atoms with E-state index in [0.29, 0.717) is 13.1 Å². The Morgan fingerprint density at radius 3 is 2.81 bits per heavy atom. The van der Waals surface area contributed by atoms with Crippen molar-refractivity contribution < 1.29 is 4.79 Å². The predicted octanol–water partition coefficient (Wildman–Crippen LogP) is 0.658. The summed E-state index contributed by atoms with van der Waals surface area (Å²) in [6, 6.07) is 9.89. The lowest BCUT2D eigenvalue weighted by molar-refractivity contribution is -0.128. The van der Waals surface area contributed by atoms with Crippen molar-refractivity contribution in [3.05, 3.63) is 30.3 Å². The van der Waals surface area contributed by atoms with E-state index in [2.05, 4.69) is 5.32 Å². The first kappa shape index (κ1) is 11.0. The van der Waals surface area contributed by atoms with Crippen LogP contribution in [0, 0.1) is 0 Å². The molecule has 16 heavy (non-hydrogen) atoms. The summed E-state index contributed by atoms with van der Waals surface area (Å²) in [6.45, 7) is 1.82. The molecule has 0 radical (unpaired) electrons. The van der Waals surface area contributed by atoms with Gasteiger partial charge in [-0.25, -0.2) is 0 Å². The molecule has 0 bridgehead atoms. The molecule has 0 spiro atoms. The third-order valence-corrected chi connectivity index (χ3v) is 2.79. The fourth-order valence-corrected chi connectivity index (χ4v) is 1.86. The minimum Gasteiger partial charge on any atom is -0.376 e. The highest BCUT2D eigenvalue weighted by atomic mass is 16.2. The second kappa shape index (κ2) is 4.99. The molecule has 0 aromatic heterocycles. The lowest BCUT2D eigenvalue weighted by atomic mass is 10.3. The number of carbonyl (C=O) groups excluding carboxylic acids is 1. The number of carbonyl (C=O) groups is 1. The predicted molar refractivity (Wildman–Crippen MR) is 64.1 cm³/mol. The molecule has 1 aromatic rings. The number of benzene rings is 1. The molecule has 1 fully saturated rings. The molecule has 3 N–H and O–H groups in total. The Hall–Kier alpha value is -1.55. The molecule has 0 aliphatic carbocycles. The van der Waals surface area contributed by atoms with Gasteiger partial charge in [0.25, 0.3) is 0 Å². The minimum absolute atomic E-state index is 0.122. The van der Waals surface area contributed by atoms with Gasteiger partial charge >= 0.3 is 0 Å². The van der Waals surface area contributed by atoms with Gasteiger partial charge in [-0.3, -0.25) is 4.79 Å². The summed E-state index contributed by atoms with van der Waals surface area (Å²) in [5, 5.41) is 3.10. The molecule has 4 heteroatoms. The van der Waals surface area contributed by atoms with E-state index < -0.39 is 0 Å². The van der Waals surface area contributed by atoms with Gasteiger partial charge in [-0.1, -0.05) is 18.2 Å². The first-order chi connectivity index (χ1) is 7.75. The van der Waals surface area contributed by atoms with Gasteiger partial charge in [0.05, 0.1) is 6.54 Å². The Morgan fingerprint density at radius 1 is 1.44 bits per heavy atom. The molecule has 1 aliphatic rings. The Kier molecular flexibility index (Phi) is 3.41. The fourth-order valence-electron chi connectivity index (χ4n) is 1.86. The molecule has 1 amide bonds. The van der Waals surface area contributed by atoms with Crippen molar-refractivity contribution in [1.29, 1.82) is 0 Å². The molecule has 1 atom stereocenters. The van der Waals surface area contributed by atoms with Crippen LogP contribution in [0.15, 0.2) is 30.3 Å². The average molecular weight is 219 g/mol. The van der Waals surface area contributed by atoms with Gasteiger partial charge in [-0.15, -0.1) is 0 Å². The minimum atomic E-state index is 0.122. The van der Waals surface area contributed by atoms with E-state index in [1.165, 1.54) is 0 Å². The van der Waals surface area contributed by atoms with Crippen LogP contribution in [-0.4, -0.2) is 36.5 Å². The third-order valence-electron chi connectivity index (χ3n) is 2.79. The molecule has 1 aliphatic heterocycles. The van der Waals surface area contributed by atoms with Crippen molar-refractivity contribution in [2.75, 3.05) is 25.0 Å². The number of nitrogens with two attached hydrogens (primary N) is 1. The molecule has 1 saturated heterocycles. The summed E-state index contributed by atoms with van der Waals surface area (Å²) >= 11 is 0. The monoisotopic (exact) mass is 219 g/mol. The third kappa shape index (κ3) is 2.73. The highest BCUT2D eigenvalue weighted by Crippen LogP contribution is 2.08. The summed E-state index contributed by atoms with van der Waals surface area (Å²) in [5.41, 5.74) is 6.73. The molecule has 1 aromatic carbocycles. The molecule has 1 heterocycles. The van der Waals surface area contributed by atoms with Gasteiger partial charge in [-0.05, 0) is 18.6 Å². The zero-order valence-corrected chi connectivity index (χ0v) is 9.23. The molecule has 2 rings (SSSR count). The molecule has 0 unspecified atom stereocenters. The zero-order chi connectivity index (χ0) is 11.4. The van der Waals surface area contributed by atoms with Crippen LogP contribution in [0.2, 0.25) is 0 Å². The van der Waals surface area contributed by atoms with Crippen LogP contribution >= 0.6 is 0 Å². The molecular formula is C12H17N3O. The first-order valence-electron chi connectivity index (χ1n) is 5.58. The number of anilines is 1. The largest absolute Gasteiger partial charge is 0.376 e. The van der Waals surface area contributed by atoms with Crippen LogP contribution in [0.4, 0.5) is 5.69 Å². The Bertz CT molecular complexity index is 353. The highest BCUT2D eigenvalue weighted by Gasteiger charge is 2.22. The number of likely N-dealkylation sites (tertiary alicyclic amines) is 1. The van der Waals surface area contributed by atoms with E-state index in [4.69, 9.17) is 5.73 Å². The maximum Gasteiger partial charge on any atom is 0.241 e. The second-order valence-electron chi connectivity index (χ2n) is 4.11. The van der Waals surface area contributed by atoms with E-state index in [9.17, 15) is 4.79 Å². The zero-order valence-electron chi connectivity index (χ0n) is 9.23. The van der Waals surface area contributed by atoms with Crippen LogP contribution in [0.5, 0.6) is 0 Å². The Balaban J connectivity index is 1.80. The maximum absolute atomic E-state index is 11.8. The normalized spacial score (nSPS) is 19.8. The number of nitrogens with zero attached hydrogens (tertiary/aromatic N) is 1. The number of rotatable bonds is 3. The second-order valence-corrected chi connectivity index (χ2v) is 4.11. The van der Waals surface area contributed by atoms with E-state index in [-0.39, 0.29) is 11.9 Å². The van der Waals surface area contributed by atoms with Crippen LogP contribution < -0.4 is 11.1 Å². The van der Waals surface area contributed by atoms with Gasteiger partial charge in [-0.2, -0.15) is 0 Å². The van der Waals surface area contributed by atoms with E-state index in [1.54, 1.807) is 0 Å². The maximum atomic E-state index is 11.8. The van der Waals surface area contributed by atoms with Crippen LogP contribution in [-0.2, 0) is 4.79 Å². The number of hydrogen-bond acceptors (Lipinski definition) is 3. The lowest BCUT2D eigenvalue weighted by Gasteiger charge is -2.16. The van der Waals surface area contributed by atoms with Crippen LogP contribution in [0.3, 0.4) is 0 Å².